The maximum atomic E-state index is 13.2. The fourth-order valence-corrected chi connectivity index (χ4v) is 4.87. The zero-order valence-corrected chi connectivity index (χ0v) is 21.7. The molecule has 1 atom stereocenters. The molecule has 0 bridgehead atoms. The van der Waals surface area contributed by atoms with Crippen LogP contribution in [0.15, 0.2) is 42.9 Å². The van der Waals surface area contributed by atoms with Gasteiger partial charge in [0.25, 0.3) is 0 Å². The molecule has 2 N–H and O–H groups in total. The van der Waals surface area contributed by atoms with Gasteiger partial charge in [-0.05, 0) is 38.1 Å². The van der Waals surface area contributed by atoms with E-state index in [1.807, 2.05) is 30.0 Å². The number of ether oxygens (including phenoxy) is 1. The zero-order chi connectivity index (χ0) is 26.2. The van der Waals surface area contributed by atoms with E-state index >= 15 is 0 Å². The third-order valence-electron chi connectivity index (χ3n) is 6.32. The Balaban J connectivity index is 1.36. The topological polar surface area (TPSA) is 103 Å². The molecule has 190 valence electrons. The summed E-state index contributed by atoms with van der Waals surface area (Å²) in [6.07, 6.45) is 3.84. The Labute approximate surface area is 223 Å². The lowest BCUT2D eigenvalue weighted by Gasteiger charge is -2.49. The maximum absolute atomic E-state index is 13.2. The van der Waals surface area contributed by atoms with Gasteiger partial charge in [0.05, 0.1) is 26.7 Å². The molecule has 1 fully saturated rings. The van der Waals surface area contributed by atoms with Crippen LogP contribution in [0.25, 0.3) is 22.2 Å². The van der Waals surface area contributed by atoms with Crippen LogP contribution in [-0.2, 0) is 6.61 Å². The average molecular weight is 540 g/mol. The molecule has 8 nitrogen and oxygen atoms in total. The van der Waals surface area contributed by atoms with Crippen LogP contribution < -0.4 is 15.0 Å². The van der Waals surface area contributed by atoms with E-state index in [1.54, 1.807) is 12.3 Å². The Morgan fingerprint density at radius 3 is 2.70 bits per heavy atom. The van der Waals surface area contributed by atoms with E-state index in [2.05, 4.69) is 31.6 Å². The molecule has 37 heavy (non-hydrogen) atoms. The fourth-order valence-electron chi connectivity index (χ4n) is 4.40. The first-order chi connectivity index (χ1) is 17.8. The molecule has 4 heterocycles. The van der Waals surface area contributed by atoms with Gasteiger partial charge in [0.15, 0.2) is 0 Å². The van der Waals surface area contributed by atoms with E-state index in [1.165, 1.54) is 19.3 Å². The Hall–Kier alpha value is -3.45. The van der Waals surface area contributed by atoms with Crippen molar-refractivity contribution < 1.29 is 9.13 Å². The molecule has 3 aromatic heterocycles. The number of aromatic amines is 1. The first-order valence-electron chi connectivity index (χ1n) is 11.7. The van der Waals surface area contributed by atoms with Crippen molar-refractivity contribution in [1.29, 1.82) is 5.26 Å². The van der Waals surface area contributed by atoms with Gasteiger partial charge in [-0.15, -0.1) is 0 Å². The van der Waals surface area contributed by atoms with Crippen LogP contribution in [0.1, 0.15) is 25.0 Å². The van der Waals surface area contributed by atoms with Gasteiger partial charge >= 0.3 is 0 Å². The number of fused-ring (bicyclic) bond motifs is 1. The summed E-state index contributed by atoms with van der Waals surface area (Å²) in [4.78, 5) is 10.6. The molecule has 1 aromatic carbocycles. The normalized spacial score (nSPS) is 15.3. The van der Waals surface area contributed by atoms with Crippen LogP contribution in [0.4, 0.5) is 10.2 Å². The van der Waals surface area contributed by atoms with E-state index in [0.29, 0.717) is 63.6 Å². The minimum atomic E-state index is -0.918. The third-order valence-corrected chi connectivity index (χ3v) is 6.97. The van der Waals surface area contributed by atoms with Crippen molar-refractivity contribution in [2.24, 2.45) is 0 Å². The molecule has 1 aliphatic rings. The standard InChI is InChI=1S/C26H24Cl2FN7O/c1-15(29)8-33-26(2)13-36(14-26)25-16(7-30)5-17(9-32-25)24-19-6-18(3-4-23(19)34-35-24)37-12-20-21(27)10-31-11-22(20)28/h3-6,9-11,15,33H,8,12-14H2,1-2H3,(H,34,35). The van der Waals surface area contributed by atoms with E-state index in [4.69, 9.17) is 27.9 Å². The molecule has 0 saturated carbocycles. The molecule has 1 unspecified atom stereocenters. The lowest BCUT2D eigenvalue weighted by atomic mass is 9.91. The lowest BCUT2D eigenvalue weighted by Crippen LogP contribution is -2.68. The van der Waals surface area contributed by atoms with Gasteiger partial charge in [0.2, 0.25) is 0 Å². The summed E-state index contributed by atoms with van der Waals surface area (Å²) in [7, 11) is 0. The minimum Gasteiger partial charge on any atom is -0.489 e. The largest absolute Gasteiger partial charge is 0.489 e. The van der Waals surface area contributed by atoms with Gasteiger partial charge in [0, 0.05) is 54.7 Å². The van der Waals surface area contributed by atoms with E-state index in [-0.39, 0.29) is 12.1 Å². The van der Waals surface area contributed by atoms with Gasteiger partial charge in [-0.3, -0.25) is 10.1 Å². The number of nitriles is 1. The number of pyridine rings is 2. The van der Waals surface area contributed by atoms with E-state index < -0.39 is 6.17 Å². The second-order valence-corrected chi connectivity index (χ2v) is 10.2. The number of H-pyrrole nitrogens is 1. The second kappa shape index (κ2) is 10.1. The maximum Gasteiger partial charge on any atom is 0.146 e. The first-order valence-corrected chi connectivity index (χ1v) is 12.5. The molecule has 4 aromatic rings. The van der Waals surface area contributed by atoms with E-state index in [0.717, 1.165) is 10.9 Å². The molecule has 5 rings (SSSR count). The van der Waals surface area contributed by atoms with Crippen molar-refractivity contribution in [3.63, 3.8) is 0 Å². The van der Waals surface area contributed by atoms with Crippen LogP contribution in [0.5, 0.6) is 5.75 Å². The number of halogens is 3. The summed E-state index contributed by atoms with van der Waals surface area (Å²) in [5.74, 6) is 1.22. The molecule has 11 heteroatoms. The van der Waals surface area contributed by atoms with Gasteiger partial charge in [0.1, 0.15) is 36.1 Å². The Morgan fingerprint density at radius 1 is 1.24 bits per heavy atom. The zero-order valence-electron chi connectivity index (χ0n) is 20.2. The molecule has 0 aliphatic carbocycles. The van der Waals surface area contributed by atoms with Crippen LogP contribution in [0.3, 0.4) is 0 Å². The number of nitrogens with zero attached hydrogens (tertiary/aromatic N) is 5. The van der Waals surface area contributed by atoms with Crippen LogP contribution >= 0.6 is 23.2 Å². The number of benzene rings is 1. The SMILES string of the molecule is CC(F)CNC1(C)CN(c2ncc(-c3n[nH]c4ccc(OCc5c(Cl)cncc5Cl)cc34)cc2C#N)C1. The monoisotopic (exact) mass is 539 g/mol. The molecular formula is C26H24Cl2FN7O. The predicted octanol–water partition coefficient (Wildman–Crippen LogP) is 5.30. The molecule has 1 saturated heterocycles. The van der Waals surface area contributed by atoms with Crippen molar-refractivity contribution in [3.05, 3.63) is 64.0 Å². The Morgan fingerprint density at radius 2 is 2.00 bits per heavy atom. The second-order valence-electron chi connectivity index (χ2n) is 9.44. The number of nitrogens with one attached hydrogen (secondary N) is 2. The van der Waals surface area contributed by atoms with Crippen molar-refractivity contribution in [3.8, 4) is 23.1 Å². The highest BCUT2D eigenvalue weighted by molar-refractivity contribution is 6.35. The number of alkyl halides is 1. The highest BCUT2D eigenvalue weighted by Gasteiger charge is 2.40. The average Bonchev–Trinajstić information content (AvgIpc) is 3.28. The summed E-state index contributed by atoms with van der Waals surface area (Å²) in [5, 5.41) is 22.3. The summed E-state index contributed by atoms with van der Waals surface area (Å²) < 4.78 is 19.2. The number of hydrogen-bond donors (Lipinski definition) is 2. The third kappa shape index (κ3) is 5.18. The molecule has 0 spiro atoms. The quantitative estimate of drug-likeness (QED) is 0.313. The van der Waals surface area contributed by atoms with Gasteiger partial charge < -0.3 is 15.0 Å². The van der Waals surface area contributed by atoms with Crippen LogP contribution in [0, 0.1) is 11.3 Å². The smallest absolute Gasteiger partial charge is 0.146 e. The number of hydrogen-bond acceptors (Lipinski definition) is 7. The predicted molar refractivity (Wildman–Crippen MR) is 142 cm³/mol. The minimum absolute atomic E-state index is 0.182. The lowest BCUT2D eigenvalue weighted by molar-refractivity contribution is 0.241. The summed E-state index contributed by atoms with van der Waals surface area (Å²) in [5.41, 5.74) is 3.06. The van der Waals surface area contributed by atoms with Gasteiger partial charge in [-0.25, -0.2) is 9.37 Å². The van der Waals surface area contributed by atoms with Gasteiger partial charge in [-0.2, -0.15) is 10.4 Å². The van der Waals surface area contributed by atoms with Crippen LogP contribution in [-0.4, -0.2) is 51.5 Å². The molecule has 1 aliphatic heterocycles. The van der Waals surface area contributed by atoms with Crippen molar-refractivity contribution >= 4 is 39.9 Å². The first kappa shape index (κ1) is 25.2. The van der Waals surface area contributed by atoms with E-state index in [9.17, 15) is 9.65 Å². The number of aromatic nitrogens is 4. The Bertz CT molecular complexity index is 1470. The molecular weight excluding hydrogens is 516 g/mol. The molecule has 0 amide bonds. The van der Waals surface area contributed by atoms with Crippen LogP contribution in [0.2, 0.25) is 10.0 Å². The van der Waals surface area contributed by atoms with Crippen molar-refractivity contribution in [2.45, 2.75) is 32.2 Å². The van der Waals surface area contributed by atoms with Gasteiger partial charge in [-0.1, -0.05) is 23.2 Å². The highest BCUT2D eigenvalue weighted by atomic mass is 35.5. The van der Waals surface area contributed by atoms with Crippen molar-refractivity contribution in [1.82, 2.24) is 25.5 Å². The fraction of sp³-hybridized carbons (Fsp3) is 0.308. The summed E-state index contributed by atoms with van der Waals surface area (Å²) in [6, 6.07) is 9.61. The molecule has 0 radical (unpaired) electrons. The Kier molecular flexibility index (Phi) is 6.90. The number of rotatable bonds is 8. The highest BCUT2D eigenvalue weighted by Crippen LogP contribution is 2.34. The number of anilines is 1. The summed E-state index contributed by atoms with van der Waals surface area (Å²) in [6.45, 7) is 5.32. The summed E-state index contributed by atoms with van der Waals surface area (Å²) >= 11 is 12.4. The van der Waals surface area contributed by atoms with Crippen molar-refractivity contribution in [2.75, 3.05) is 24.5 Å².